The average Bonchev–Trinajstić information content (AvgIpc) is 2.99. The predicted octanol–water partition coefficient (Wildman–Crippen LogP) is 3.61. The highest BCUT2D eigenvalue weighted by Crippen LogP contribution is 2.23. The Bertz CT molecular complexity index is 784. The van der Waals surface area contributed by atoms with Gasteiger partial charge in [-0.2, -0.15) is 0 Å². The van der Waals surface area contributed by atoms with Gasteiger partial charge in [0.25, 0.3) is 5.91 Å². The van der Waals surface area contributed by atoms with Crippen LogP contribution in [0.4, 0.5) is 11.4 Å². The number of nitrogens with two attached hydrogens (primary N) is 1. The molecule has 0 atom stereocenters. The standard InChI is InChI=1S/C18H24N4O2S.ClH/c1-11-5-6-12(20-17(24)18(2,3)4)9-13(11)22-16(23)14-10-25-15(21-14)7-8-19;/h5-6,9-10H,7-8,19H2,1-4H3,(H,20,24)(H,22,23);1H. The number of nitrogens with zero attached hydrogens (tertiary/aromatic N) is 1. The van der Waals surface area contributed by atoms with Crippen molar-refractivity contribution in [3.05, 3.63) is 39.8 Å². The third-order valence-electron chi connectivity index (χ3n) is 3.57. The van der Waals surface area contributed by atoms with Crippen molar-refractivity contribution in [2.24, 2.45) is 11.1 Å². The van der Waals surface area contributed by atoms with Crippen LogP contribution in [-0.2, 0) is 11.2 Å². The summed E-state index contributed by atoms with van der Waals surface area (Å²) in [6.07, 6.45) is 0.658. The molecule has 6 nitrogen and oxygen atoms in total. The number of hydrogen-bond donors (Lipinski definition) is 3. The lowest BCUT2D eigenvalue weighted by atomic mass is 9.95. The first-order valence-electron chi connectivity index (χ1n) is 8.08. The molecule has 0 saturated heterocycles. The number of amides is 2. The van der Waals surface area contributed by atoms with Crippen molar-refractivity contribution < 1.29 is 9.59 Å². The molecule has 1 heterocycles. The van der Waals surface area contributed by atoms with E-state index in [-0.39, 0.29) is 24.2 Å². The number of aromatic nitrogens is 1. The van der Waals surface area contributed by atoms with Crippen LogP contribution in [-0.4, -0.2) is 23.3 Å². The fourth-order valence-electron chi connectivity index (χ4n) is 1.99. The second-order valence-corrected chi connectivity index (χ2v) is 7.80. The van der Waals surface area contributed by atoms with Crippen LogP contribution in [0.3, 0.4) is 0 Å². The number of halogens is 1. The highest BCUT2D eigenvalue weighted by molar-refractivity contribution is 7.09. The zero-order chi connectivity index (χ0) is 18.6. The fraction of sp³-hybridized carbons (Fsp3) is 0.389. The van der Waals surface area contributed by atoms with Crippen molar-refractivity contribution in [2.45, 2.75) is 34.1 Å². The number of rotatable bonds is 5. The summed E-state index contributed by atoms with van der Waals surface area (Å²) in [5, 5.41) is 8.29. The van der Waals surface area contributed by atoms with Crippen molar-refractivity contribution in [1.82, 2.24) is 4.98 Å². The Morgan fingerprint density at radius 3 is 2.54 bits per heavy atom. The molecular weight excluding hydrogens is 372 g/mol. The SMILES string of the molecule is Cc1ccc(NC(=O)C(C)(C)C)cc1NC(=O)c1csc(CCN)n1.Cl. The quantitative estimate of drug-likeness (QED) is 0.719. The van der Waals surface area contributed by atoms with Gasteiger partial charge in [0, 0.05) is 28.6 Å². The maximum atomic E-state index is 12.4. The largest absolute Gasteiger partial charge is 0.330 e. The summed E-state index contributed by atoms with van der Waals surface area (Å²) in [7, 11) is 0. The molecule has 2 rings (SSSR count). The smallest absolute Gasteiger partial charge is 0.275 e. The lowest BCUT2D eigenvalue weighted by molar-refractivity contribution is -0.123. The van der Waals surface area contributed by atoms with E-state index in [2.05, 4.69) is 15.6 Å². The number of thiazole rings is 1. The van der Waals surface area contributed by atoms with Crippen molar-refractivity contribution >= 4 is 46.9 Å². The van der Waals surface area contributed by atoms with Gasteiger partial charge in [-0.15, -0.1) is 23.7 Å². The zero-order valence-corrected chi connectivity index (χ0v) is 17.0. The summed E-state index contributed by atoms with van der Waals surface area (Å²) in [5.74, 6) is -0.360. The van der Waals surface area contributed by atoms with Crippen molar-refractivity contribution in [3.8, 4) is 0 Å². The molecule has 0 aliphatic rings. The molecule has 2 amide bonds. The van der Waals surface area contributed by atoms with Crippen LogP contribution >= 0.6 is 23.7 Å². The molecule has 0 aliphatic heterocycles. The number of benzene rings is 1. The third-order valence-corrected chi connectivity index (χ3v) is 4.48. The molecule has 0 unspecified atom stereocenters. The summed E-state index contributed by atoms with van der Waals surface area (Å²) in [4.78, 5) is 28.8. The highest BCUT2D eigenvalue weighted by Gasteiger charge is 2.21. The first-order valence-corrected chi connectivity index (χ1v) is 8.96. The molecular formula is C18H25ClN4O2S. The van der Waals surface area contributed by atoms with Gasteiger partial charge in [0.2, 0.25) is 5.91 Å². The van der Waals surface area contributed by atoms with Crippen LogP contribution < -0.4 is 16.4 Å². The maximum absolute atomic E-state index is 12.4. The Morgan fingerprint density at radius 2 is 1.92 bits per heavy atom. The molecule has 8 heteroatoms. The van der Waals surface area contributed by atoms with Crippen LogP contribution in [0.1, 0.15) is 41.8 Å². The van der Waals surface area contributed by atoms with Gasteiger partial charge in [-0.05, 0) is 31.2 Å². The molecule has 0 bridgehead atoms. The zero-order valence-electron chi connectivity index (χ0n) is 15.4. The van der Waals surface area contributed by atoms with Gasteiger partial charge >= 0.3 is 0 Å². The van der Waals surface area contributed by atoms with E-state index in [0.29, 0.717) is 30.0 Å². The van der Waals surface area contributed by atoms with E-state index in [1.165, 1.54) is 11.3 Å². The first-order chi connectivity index (χ1) is 11.7. The molecule has 0 fully saturated rings. The summed E-state index contributed by atoms with van der Waals surface area (Å²) in [6.45, 7) is 7.94. The van der Waals surface area contributed by atoms with E-state index >= 15 is 0 Å². The van der Waals surface area contributed by atoms with Gasteiger partial charge in [-0.25, -0.2) is 4.98 Å². The molecule has 0 aliphatic carbocycles. The number of nitrogens with one attached hydrogen (secondary N) is 2. The van der Waals surface area contributed by atoms with E-state index < -0.39 is 5.41 Å². The fourth-order valence-corrected chi connectivity index (χ4v) is 2.79. The van der Waals surface area contributed by atoms with Gasteiger partial charge in [-0.1, -0.05) is 26.8 Å². The summed E-state index contributed by atoms with van der Waals surface area (Å²) < 4.78 is 0. The predicted molar refractivity (Wildman–Crippen MR) is 109 cm³/mol. The van der Waals surface area contributed by atoms with E-state index in [9.17, 15) is 9.59 Å². The Balaban J connectivity index is 0.00000338. The van der Waals surface area contributed by atoms with Gasteiger partial charge in [0.05, 0.1) is 5.01 Å². The van der Waals surface area contributed by atoms with E-state index in [1.807, 2.05) is 39.8 Å². The van der Waals surface area contributed by atoms with Gasteiger partial charge in [0.1, 0.15) is 5.69 Å². The molecule has 142 valence electrons. The maximum Gasteiger partial charge on any atom is 0.275 e. The monoisotopic (exact) mass is 396 g/mol. The third kappa shape index (κ3) is 5.79. The second kappa shape index (κ2) is 9.12. The number of carbonyl (C=O) groups is 2. The minimum Gasteiger partial charge on any atom is -0.330 e. The van der Waals surface area contributed by atoms with E-state index in [4.69, 9.17) is 5.73 Å². The molecule has 1 aromatic carbocycles. The van der Waals surface area contributed by atoms with Gasteiger partial charge < -0.3 is 16.4 Å². The molecule has 0 spiro atoms. The first kappa shape index (κ1) is 22.1. The summed E-state index contributed by atoms with van der Waals surface area (Å²) >= 11 is 1.42. The summed E-state index contributed by atoms with van der Waals surface area (Å²) in [5.41, 5.74) is 7.58. The average molecular weight is 397 g/mol. The minimum absolute atomic E-state index is 0. The molecule has 0 radical (unpaired) electrons. The van der Waals surface area contributed by atoms with Crippen molar-refractivity contribution in [2.75, 3.05) is 17.2 Å². The van der Waals surface area contributed by atoms with Crippen LogP contribution in [0.5, 0.6) is 0 Å². The number of hydrogen-bond acceptors (Lipinski definition) is 5. The Labute approximate surface area is 164 Å². The topological polar surface area (TPSA) is 97.1 Å². The lowest BCUT2D eigenvalue weighted by Gasteiger charge is -2.18. The second-order valence-electron chi connectivity index (χ2n) is 6.85. The minimum atomic E-state index is -0.492. The van der Waals surface area contributed by atoms with E-state index in [1.54, 1.807) is 11.4 Å². The van der Waals surface area contributed by atoms with Gasteiger partial charge in [-0.3, -0.25) is 9.59 Å². The Hall–Kier alpha value is -1.96. The van der Waals surface area contributed by atoms with Crippen LogP contribution in [0.25, 0.3) is 0 Å². The number of aryl methyl sites for hydroxylation is 1. The Morgan fingerprint density at radius 1 is 1.23 bits per heavy atom. The van der Waals surface area contributed by atoms with Crippen molar-refractivity contribution in [1.29, 1.82) is 0 Å². The lowest BCUT2D eigenvalue weighted by Crippen LogP contribution is -2.27. The number of anilines is 2. The highest BCUT2D eigenvalue weighted by atomic mass is 35.5. The number of carbonyl (C=O) groups excluding carboxylic acids is 2. The normalized spacial score (nSPS) is 10.8. The molecule has 0 saturated carbocycles. The summed E-state index contributed by atoms with van der Waals surface area (Å²) in [6, 6.07) is 5.43. The van der Waals surface area contributed by atoms with Crippen LogP contribution in [0, 0.1) is 12.3 Å². The molecule has 4 N–H and O–H groups in total. The van der Waals surface area contributed by atoms with Gasteiger partial charge in [0.15, 0.2) is 0 Å². The molecule has 2 aromatic rings. The van der Waals surface area contributed by atoms with Crippen molar-refractivity contribution in [3.63, 3.8) is 0 Å². The van der Waals surface area contributed by atoms with Crippen LogP contribution in [0.2, 0.25) is 0 Å². The van der Waals surface area contributed by atoms with Crippen LogP contribution in [0.15, 0.2) is 23.6 Å². The molecule has 26 heavy (non-hydrogen) atoms. The van der Waals surface area contributed by atoms with E-state index in [0.717, 1.165) is 10.6 Å². The molecule has 1 aromatic heterocycles. The Kier molecular flexibility index (Phi) is 7.74.